The van der Waals surface area contributed by atoms with Gasteiger partial charge in [-0.25, -0.2) is 22.4 Å². The van der Waals surface area contributed by atoms with Crippen LogP contribution in [0.25, 0.3) is 0 Å². The van der Waals surface area contributed by atoms with Crippen LogP contribution in [0.4, 0.5) is 5.69 Å². The van der Waals surface area contributed by atoms with Crippen molar-refractivity contribution in [2.45, 2.75) is 43.5 Å². The van der Waals surface area contributed by atoms with Crippen LogP contribution in [0, 0.1) is 0 Å². The fourth-order valence-corrected chi connectivity index (χ4v) is 6.18. The molecule has 0 fully saturated rings. The Kier molecular flexibility index (Phi) is 6.42. The maximum Gasteiger partial charge on any atom is 0.328 e. The molecule has 3 aromatic rings. The van der Waals surface area contributed by atoms with Gasteiger partial charge >= 0.3 is 5.69 Å². The lowest BCUT2D eigenvalue weighted by molar-refractivity contribution is 0.0926. The summed E-state index contributed by atoms with van der Waals surface area (Å²) in [4.78, 5) is 53.3. The Morgan fingerprint density at radius 2 is 1.51 bits per heavy atom. The number of hydrogen-bond acceptors (Lipinski definition) is 6. The number of carbonyl (C=O) groups is 2. The number of anilines is 1. The second-order valence-corrected chi connectivity index (χ2v) is 11.3. The van der Waals surface area contributed by atoms with Crippen molar-refractivity contribution in [1.82, 2.24) is 13.9 Å². The van der Waals surface area contributed by atoms with E-state index in [2.05, 4.69) is 4.98 Å². The van der Waals surface area contributed by atoms with Gasteiger partial charge in [-0.3, -0.25) is 23.9 Å². The zero-order valence-electron chi connectivity index (χ0n) is 20.3. The van der Waals surface area contributed by atoms with E-state index in [1.54, 1.807) is 28.8 Å². The Hall–Kier alpha value is -3.83. The number of nitrogens with one attached hydrogen (secondary N) is 1. The summed E-state index contributed by atoms with van der Waals surface area (Å²) in [7, 11) is -2.39. The SMILES string of the molecule is CN(CCCn1c2c(c(=O)[nH]c1=O)CCCC2)S(=O)(=O)c1ccc(N2C(=O)c3ccccc3C2=O)cc1. The van der Waals surface area contributed by atoms with Crippen molar-refractivity contribution in [2.24, 2.45) is 0 Å². The van der Waals surface area contributed by atoms with Crippen molar-refractivity contribution in [3.05, 3.63) is 91.8 Å². The van der Waals surface area contributed by atoms with E-state index in [-0.39, 0.29) is 29.2 Å². The van der Waals surface area contributed by atoms with Crippen molar-refractivity contribution in [1.29, 1.82) is 0 Å². The minimum absolute atomic E-state index is 0.0222. The molecule has 0 spiro atoms. The van der Waals surface area contributed by atoms with Crippen molar-refractivity contribution in [3.8, 4) is 0 Å². The number of aromatic nitrogens is 2. The van der Waals surface area contributed by atoms with Gasteiger partial charge in [-0.05, 0) is 68.5 Å². The number of fused-ring (bicyclic) bond motifs is 2. The highest BCUT2D eigenvalue weighted by molar-refractivity contribution is 7.89. The monoisotopic (exact) mass is 522 g/mol. The quantitative estimate of drug-likeness (QED) is 0.472. The molecule has 0 radical (unpaired) electrons. The minimum atomic E-state index is -3.85. The number of imide groups is 1. The first-order valence-corrected chi connectivity index (χ1v) is 13.5. The zero-order valence-corrected chi connectivity index (χ0v) is 21.1. The van der Waals surface area contributed by atoms with Crippen molar-refractivity contribution in [2.75, 3.05) is 18.5 Å². The van der Waals surface area contributed by atoms with Crippen LogP contribution in [0.3, 0.4) is 0 Å². The molecular formula is C26H26N4O6S. The number of hydrogen-bond donors (Lipinski definition) is 1. The van der Waals surface area contributed by atoms with Gasteiger partial charge < -0.3 is 0 Å². The molecule has 1 aliphatic heterocycles. The molecule has 2 amide bonds. The second-order valence-electron chi connectivity index (χ2n) is 9.21. The molecule has 5 rings (SSSR count). The van der Waals surface area contributed by atoms with Crippen molar-refractivity contribution < 1.29 is 18.0 Å². The van der Waals surface area contributed by atoms with Gasteiger partial charge in [-0.1, -0.05) is 12.1 Å². The summed E-state index contributed by atoms with van der Waals surface area (Å²) in [5.74, 6) is -0.902. The molecule has 2 aliphatic rings. The van der Waals surface area contributed by atoms with E-state index in [4.69, 9.17) is 0 Å². The lowest BCUT2D eigenvalue weighted by atomic mass is 9.97. The summed E-state index contributed by atoms with van der Waals surface area (Å²) >= 11 is 0. The maximum absolute atomic E-state index is 13.1. The highest BCUT2D eigenvalue weighted by Crippen LogP contribution is 2.29. The molecule has 1 N–H and O–H groups in total. The third kappa shape index (κ3) is 4.34. The predicted octanol–water partition coefficient (Wildman–Crippen LogP) is 1.93. The van der Waals surface area contributed by atoms with Gasteiger partial charge in [0.15, 0.2) is 0 Å². The first-order valence-electron chi connectivity index (χ1n) is 12.1. The first kappa shape index (κ1) is 24.8. The minimum Gasteiger partial charge on any atom is -0.297 e. The Morgan fingerprint density at radius 3 is 2.16 bits per heavy atom. The van der Waals surface area contributed by atoms with Gasteiger partial charge in [0.2, 0.25) is 10.0 Å². The number of rotatable bonds is 7. The summed E-state index contributed by atoms with van der Waals surface area (Å²) in [6.07, 6.45) is 3.47. The number of sulfonamides is 1. The molecule has 0 saturated heterocycles. The highest BCUT2D eigenvalue weighted by Gasteiger charge is 2.36. The summed E-state index contributed by atoms with van der Waals surface area (Å²) in [5.41, 5.74) is 1.49. The van der Waals surface area contributed by atoms with Gasteiger partial charge in [0, 0.05) is 31.4 Å². The third-order valence-electron chi connectivity index (χ3n) is 6.96. The van der Waals surface area contributed by atoms with E-state index >= 15 is 0 Å². The molecule has 0 saturated carbocycles. The molecule has 192 valence electrons. The van der Waals surface area contributed by atoms with Crippen LogP contribution in [0.15, 0.2) is 63.0 Å². The van der Waals surface area contributed by atoms with Gasteiger partial charge in [-0.2, -0.15) is 0 Å². The lowest BCUT2D eigenvalue weighted by Crippen LogP contribution is -2.37. The van der Waals surface area contributed by atoms with E-state index in [9.17, 15) is 27.6 Å². The average molecular weight is 523 g/mol. The number of aromatic amines is 1. The van der Waals surface area contributed by atoms with Crippen LogP contribution >= 0.6 is 0 Å². The largest absolute Gasteiger partial charge is 0.328 e. The summed E-state index contributed by atoms with van der Waals surface area (Å²) in [6.45, 7) is 0.444. The van der Waals surface area contributed by atoms with E-state index in [1.807, 2.05) is 0 Å². The fraction of sp³-hybridized carbons (Fsp3) is 0.308. The van der Waals surface area contributed by atoms with Crippen molar-refractivity contribution >= 4 is 27.5 Å². The van der Waals surface area contributed by atoms with Gasteiger partial charge in [0.25, 0.3) is 17.4 Å². The number of carbonyl (C=O) groups excluding carboxylic acids is 2. The molecule has 2 heterocycles. The van der Waals surface area contributed by atoms with E-state index in [0.29, 0.717) is 36.0 Å². The van der Waals surface area contributed by atoms with Crippen LogP contribution in [-0.2, 0) is 29.4 Å². The summed E-state index contributed by atoms with van der Waals surface area (Å²) in [5, 5.41) is 0. The van der Waals surface area contributed by atoms with Crippen LogP contribution in [-0.4, -0.2) is 47.7 Å². The zero-order chi connectivity index (χ0) is 26.3. The summed E-state index contributed by atoms with van der Waals surface area (Å²) in [6, 6.07) is 12.1. The molecular weight excluding hydrogens is 496 g/mol. The predicted molar refractivity (Wildman–Crippen MR) is 136 cm³/mol. The van der Waals surface area contributed by atoms with Crippen LogP contribution in [0.2, 0.25) is 0 Å². The van der Waals surface area contributed by atoms with E-state index in [0.717, 1.165) is 23.4 Å². The topological polar surface area (TPSA) is 130 Å². The molecule has 37 heavy (non-hydrogen) atoms. The number of H-pyrrole nitrogens is 1. The fourth-order valence-electron chi connectivity index (χ4n) is 4.97. The van der Waals surface area contributed by atoms with Gasteiger partial charge in [0.1, 0.15) is 0 Å². The Labute approximate surface area is 213 Å². The lowest BCUT2D eigenvalue weighted by Gasteiger charge is -2.21. The molecule has 1 aromatic heterocycles. The normalized spacial score (nSPS) is 15.2. The third-order valence-corrected chi connectivity index (χ3v) is 8.83. The van der Waals surface area contributed by atoms with Gasteiger partial charge in [0.05, 0.1) is 21.7 Å². The standard InChI is InChI=1S/C26H26N4O6S/c1-28(15-6-16-29-22-10-5-4-9-21(22)23(31)27-26(29)34)37(35,36)18-13-11-17(12-14-18)30-24(32)19-7-2-3-8-20(19)25(30)33/h2-3,7-8,11-14H,4-6,9-10,15-16H2,1H3,(H,27,31,34). The van der Waals surface area contributed by atoms with Crippen LogP contribution in [0.5, 0.6) is 0 Å². The second kappa shape index (κ2) is 9.56. The molecule has 0 bridgehead atoms. The smallest absolute Gasteiger partial charge is 0.297 e. The first-order chi connectivity index (χ1) is 17.7. The number of amides is 2. The summed E-state index contributed by atoms with van der Waals surface area (Å²) < 4.78 is 29.0. The molecule has 2 aromatic carbocycles. The molecule has 10 nitrogen and oxygen atoms in total. The molecule has 0 atom stereocenters. The highest BCUT2D eigenvalue weighted by atomic mass is 32.2. The molecule has 11 heteroatoms. The van der Waals surface area contributed by atoms with E-state index < -0.39 is 27.5 Å². The van der Waals surface area contributed by atoms with Crippen LogP contribution < -0.4 is 16.1 Å². The Morgan fingerprint density at radius 1 is 0.892 bits per heavy atom. The number of nitrogens with zero attached hydrogens (tertiary/aromatic N) is 3. The average Bonchev–Trinajstić information content (AvgIpc) is 3.15. The van der Waals surface area contributed by atoms with Crippen molar-refractivity contribution in [3.63, 3.8) is 0 Å². The Bertz CT molecular complexity index is 1590. The maximum atomic E-state index is 13.1. The molecule has 1 aliphatic carbocycles. The molecule has 0 unspecified atom stereocenters. The Balaban J connectivity index is 1.28. The number of benzene rings is 2. The van der Waals surface area contributed by atoms with Crippen LogP contribution in [0.1, 0.15) is 51.2 Å². The van der Waals surface area contributed by atoms with E-state index in [1.165, 1.54) is 35.6 Å². The van der Waals surface area contributed by atoms with Gasteiger partial charge in [-0.15, -0.1) is 0 Å².